The van der Waals surface area contributed by atoms with Gasteiger partial charge in [0.1, 0.15) is 12.0 Å². The number of nitrogen functional groups attached to an aromatic ring is 1. The van der Waals surface area contributed by atoms with Crippen LogP contribution in [0.4, 0.5) is 5.69 Å². The average molecular weight is 262 g/mol. The van der Waals surface area contributed by atoms with Crippen LogP contribution in [0.2, 0.25) is 0 Å². The van der Waals surface area contributed by atoms with E-state index in [-0.39, 0.29) is 5.91 Å². The number of carbonyl (C=O) groups is 1. The monoisotopic (exact) mass is 262 g/mol. The third kappa shape index (κ3) is 2.93. The number of aromatic nitrogens is 4. The third-order valence-corrected chi connectivity index (χ3v) is 2.83. The van der Waals surface area contributed by atoms with Crippen molar-refractivity contribution in [2.24, 2.45) is 7.05 Å². The summed E-state index contributed by atoms with van der Waals surface area (Å²) in [7, 11) is 1.83. The minimum Gasteiger partial charge on any atom is -0.397 e. The summed E-state index contributed by atoms with van der Waals surface area (Å²) in [5.41, 5.74) is 6.90. The quantitative estimate of drug-likeness (QED) is 0.822. The zero-order valence-electron chi connectivity index (χ0n) is 11.1. The highest BCUT2D eigenvalue weighted by molar-refractivity contribution is 5.93. The molecular formula is C12H18N6O. The first-order valence-corrected chi connectivity index (χ1v) is 6.18. The summed E-state index contributed by atoms with van der Waals surface area (Å²) in [6, 6.07) is 1.68. The number of amides is 1. The van der Waals surface area contributed by atoms with E-state index in [0.29, 0.717) is 23.8 Å². The van der Waals surface area contributed by atoms with Crippen LogP contribution in [0.25, 0.3) is 0 Å². The molecule has 102 valence electrons. The lowest BCUT2D eigenvalue weighted by molar-refractivity contribution is 0.0940. The molecule has 0 atom stereocenters. The largest absolute Gasteiger partial charge is 0.397 e. The molecule has 2 aromatic heterocycles. The van der Waals surface area contributed by atoms with E-state index < -0.39 is 0 Å². The second kappa shape index (κ2) is 5.55. The van der Waals surface area contributed by atoms with Crippen molar-refractivity contribution in [2.75, 3.05) is 5.73 Å². The second-order valence-corrected chi connectivity index (χ2v) is 4.39. The van der Waals surface area contributed by atoms with Gasteiger partial charge in [-0.15, -0.1) is 10.2 Å². The number of anilines is 1. The van der Waals surface area contributed by atoms with E-state index in [1.807, 2.05) is 11.6 Å². The van der Waals surface area contributed by atoms with Crippen molar-refractivity contribution in [1.29, 1.82) is 0 Å². The molecule has 0 fully saturated rings. The number of hydrogen-bond donors (Lipinski definition) is 2. The zero-order chi connectivity index (χ0) is 13.8. The smallest absolute Gasteiger partial charge is 0.268 e. The van der Waals surface area contributed by atoms with Gasteiger partial charge >= 0.3 is 0 Å². The van der Waals surface area contributed by atoms with Crippen LogP contribution in [0, 0.1) is 0 Å². The van der Waals surface area contributed by atoms with Crippen molar-refractivity contribution in [3.8, 4) is 0 Å². The Morgan fingerprint density at radius 3 is 2.95 bits per heavy atom. The fourth-order valence-electron chi connectivity index (χ4n) is 1.87. The van der Waals surface area contributed by atoms with Crippen molar-refractivity contribution >= 4 is 11.6 Å². The molecule has 2 aromatic rings. The summed E-state index contributed by atoms with van der Waals surface area (Å²) in [6.45, 7) is 3.16. The van der Waals surface area contributed by atoms with Gasteiger partial charge in [0.2, 0.25) is 0 Å². The van der Waals surface area contributed by atoms with Gasteiger partial charge in [0, 0.05) is 19.8 Å². The average Bonchev–Trinajstić information content (AvgIpc) is 2.93. The Kier molecular flexibility index (Phi) is 3.84. The van der Waals surface area contributed by atoms with Crippen molar-refractivity contribution in [1.82, 2.24) is 24.6 Å². The number of nitrogens with zero attached hydrogens (tertiary/aromatic N) is 4. The van der Waals surface area contributed by atoms with Crippen molar-refractivity contribution < 1.29 is 4.79 Å². The molecule has 7 nitrogen and oxygen atoms in total. The van der Waals surface area contributed by atoms with Gasteiger partial charge in [-0.05, 0) is 12.5 Å². The minimum atomic E-state index is -0.159. The van der Waals surface area contributed by atoms with E-state index in [1.165, 1.54) is 0 Å². The van der Waals surface area contributed by atoms with Gasteiger partial charge in [0.25, 0.3) is 5.91 Å². The molecule has 3 N–H and O–H groups in total. The van der Waals surface area contributed by atoms with Crippen molar-refractivity contribution in [2.45, 2.75) is 26.4 Å². The molecule has 0 aromatic carbocycles. The van der Waals surface area contributed by atoms with Crippen LogP contribution in [0.5, 0.6) is 0 Å². The standard InChI is InChI=1S/C12H18N6O/c1-3-4-18-7-9(13)5-10(18)12(19)14-6-11-16-15-8-17(11)2/h5,7-8H,3-4,6,13H2,1-2H3,(H,14,19). The Balaban J connectivity index is 2.05. The van der Waals surface area contributed by atoms with E-state index in [1.54, 1.807) is 23.2 Å². The maximum Gasteiger partial charge on any atom is 0.268 e. The molecule has 7 heteroatoms. The molecule has 0 aliphatic rings. The van der Waals surface area contributed by atoms with Crippen molar-refractivity contribution in [3.63, 3.8) is 0 Å². The van der Waals surface area contributed by atoms with Crippen LogP contribution in [0.1, 0.15) is 29.7 Å². The Bertz CT molecular complexity index is 571. The Morgan fingerprint density at radius 2 is 2.32 bits per heavy atom. The number of hydrogen-bond acceptors (Lipinski definition) is 4. The number of carbonyl (C=O) groups excluding carboxylic acids is 1. The molecule has 1 amide bonds. The van der Waals surface area contributed by atoms with E-state index in [2.05, 4.69) is 22.4 Å². The Labute approximate surface area is 111 Å². The third-order valence-electron chi connectivity index (χ3n) is 2.83. The maximum atomic E-state index is 12.1. The molecule has 0 bridgehead atoms. The summed E-state index contributed by atoms with van der Waals surface area (Å²) in [5, 5.41) is 10.5. The Hall–Kier alpha value is -2.31. The molecule has 0 saturated heterocycles. The van der Waals surface area contributed by atoms with Crippen molar-refractivity contribution in [3.05, 3.63) is 30.1 Å². The van der Waals surface area contributed by atoms with Gasteiger partial charge in [0.05, 0.1) is 12.2 Å². The van der Waals surface area contributed by atoms with Gasteiger partial charge < -0.3 is 20.2 Å². The van der Waals surface area contributed by atoms with Crippen LogP contribution in [0.15, 0.2) is 18.6 Å². The van der Waals surface area contributed by atoms with Crippen LogP contribution < -0.4 is 11.1 Å². The van der Waals surface area contributed by atoms with Gasteiger partial charge in [0.15, 0.2) is 5.82 Å². The molecule has 0 radical (unpaired) electrons. The van der Waals surface area contributed by atoms with E-state index in [4.69, 9.17) is 5.73 Å². The highest BCUT2D eigenvalue weighted by atomic mass is 16.1. The van der Waals surface area contributed by atoms with E-state index >= 15 is 0 Å². The zero-order valence-corrected chi connectivity index (χ0v) is 11.1. The first-order valence-electron chi connectivity index (χ1n) is 6.18. The first kappa shape index (κ1) is 13.1. The fraction of sp³-hybridized carbons (Fsp3) is 0.417. The van der Waals surface area contributed by atoms with Crippen LogP contribution in [-0.2, 0) is 20.1 Å². The lowest BCUT2D eigenvalue weighted by Gasteiger charge is -2.08. The van der Waals surface area contributed by atoms with Gasteiger partial charge in [-0.1, -0.05) is 6.92 Å². The lowest BCUT2D eigenvalue weighted by atomic mass is 10.3. The fourth-order valence-corrected chi connectivity index (χ4v) is 1.87. The second-order valence-electron chi connectivity index (χ2n) is 4.39. The van der Waals surface area contributed by atoms with Crippen LogP contribution in [-0.4, -0.2) is 25.2 Å². The number of aryl methyl sites for hydroxylation is 2. The van der Waals surface area contributed by atoms with E-state index in [0.717, 1.165) is 13.0 Å². The summed E-state index contributed by atoms with van der Waals surface area (Å²) < 4.78 is 3.63. The molecule has 0 unspecified atom stereocenters. The SMILES string of the molecule is CCCn1cc(N)cc1C(=O)NCc1nncn1C. The molecule has 19 heavy (non-hydrogen) atoms. The van der Waals surface area contributed by atoms with Gasteiger partial charge in [-0.3, -0.25) is 4.79 Å². The summed E-state index contributed by atoms with van der Waals surface area (Å²) in [5.74, 6) is 0.545. The molecular weight excluding hydrogens is 244 g/mol. The predicted octanol–water partition coefficient (Wildman–Crippen LogP) is 0.539. The number of nitrogens with two attached hydrogens (primary N) is 1. The van der Waals surface area contributed by atoms with E-state index in [9.17, 15) is 4.79 Å². The molecule has 0 aliphatic heterocycles. The maximum absolute atomic E-state index is 12.1. The lowest BCUT2D eigenvalue weighted by Crippen LogP contribution is -2.26. The summed E-state index contributed by atoms with van der Waals surface area (Å²) in [6.07, 6.45) is 4.32. The highest BCUT2D eigenvalue weighted by Crippen LogP contribution is 2.11. The topological polar surface area (TPSA) is 90.8 Å². The molecule has 2 rings (SSSR count). The first-order chi connectivity index (χ1) is 9.11. The minimum absolute atomic E-state index is 0.159. The highest BCUT2D eigenvalue weighted by Gasteiger charge is 2.13. The molecule has 0 aliphatic carbocycles. The number of rotatable bonds is 5. The summed E-state index contributed by atoms with van der Waals surface area (Å²) in [4.78, 5) is 12.1. The normalized spacial score (nSPS) is 10.6. The predicted molar refractivity (Wildman–Crippen MR) is 71.3 cm³/mol. The summed E-state index contributed by atoms with van der Waals surface area (Å²) >= 11 is 0. The van der Waals surface area contributed by atoms with Gasteiger partial charge in [-0.25, -0.2) is 0 Å². The molecule has 0 saturated carbocycles. The molecule has 2 heterocycles. The van der Waals surface area contributed by atoms with Crippen LogP contribution >= 0.6 is 0 Å². The van der Waals surface area contributed by atoms with Crippen LogP contribution in [0.3, 0.4) is 0 Å². The van der Waals surface area contributed by atoms with Gasteiger partial charge in [-0.2, -0.15) is 0 Å². The molecule has 0 spiro atoms. The Morgan fingerprint density at radius 1 is 1.53 bits per heavy atom. The number of nitrogens with one attached hydrogen (secondary N) is 1.